The lowest BCUT2D eigenvalue weighted by atomic mass is 9.96. The van der Waals surface area contributed by atoms with E-state index in [0.717, 1.165) is 0 Å². The predicted molar refractivity (Wildman–Crippen MR) is 56.4 cm³/mol. The van der Waals surface area contributed by atoms with Crippen molar-refractivity contribution in [2.75, 3.05) is 6.61 Å². The Kier molecular flexibility index (Phi) is 2.78. The molecule has 16 heavy (non-hydrogen) atoms. The molecular weight excluding hydrogens is 234 g/mol. The molecule has 0 aromatic heterocycles. The number of hydrogen-bond donors (Lipinski definition) is 0. The number of nitrogens with zero attached hydrogens (tertiary/aromatic N) is 1. The lowest BCUT2D eigenvalue weighted by Gasteiger charge is -2.06. The number of nitro groups is 1. The zero-order valence-electron chi connectivity index (χ0n) is 8.18. The Hall–Kier alpha value is -1.62. The van der Waals surface area contributed by atoms with Gasteiger partial charge in [-0.1, -0.05) is 11.6 Å². The summed E-state index contributed by atoms with van der Waals surface area (Å²) in [6, 6.07) is 4.20. The molecule has 0 aliphatic carbocycles. The fraction of sp³-hybridized carbons (Fsp3) is 0.300. The highest BCUT2D eigenvalue weighted by atomic mass is 35.5. The molecule has 0 spiro atoms. The van der Waals surface area contributed by atoms with Gasteiger partial charge >= 0.3 is 5.97 Å². The first-order valence-electron chi connectivity index (χ1n) is 4.70. The highest BCUT2D eigenvalue weighted by Crippen LogP contribution is 2.34. The molecule has 0 amide bonds. The number of benzene rings is 1. The largest absolute Gasteiger partial charge is 0.465 e. The second-order valence-electron chi connectivity index (χ2n) is 3.47. The number of ether oxygens (including phenoxy) is 1. The van der Waals surface area contributed by atoms with Gasteiger partial charge in [0.15, 0.2) is 0 Å². The van der Waals surface area contributed by atoms with Gasteiger partial charge in [-0.05, 0) is 18.6 Å². The molecule has 1 aliphatic rings. The molecule has 84 valence electrons. The van der Waals surface area contributed by atoms with Crippen molar-refractivity contribution in [3.05, 3.63) is 38.9 Å². The number of carbonyl (C=O) groups is 1. The quantitative estimate of drug-likeness (QED) is 0.452. The van der Waals surface area contributed by atoms with Crippen LogP contribution in [0.25, 0.3) is 0 Å². The summed E-state index contributed by atoms with van der Waals surface area (Å²) in [6.45, 7) is 0.299. The standard InChI is InChI=1S/C10H8ClNO4/c11-6-1-2-9(12(14)15)8(5-6)7-3-4-16-10(7)13/h1-2,5,7H,3-4H2. The van der Waals surface area contributed by atoms with Crippen LogP contribution < -0.4 is 0 Å². The van der Waals surface area contributed by atoms with Crippen LogP contribution in [0.1, 0.15) is 17.9 Å². The number of rotatable bonds is 2. The van der Waals surface area contributed by atoms with Crippen molar-refractivity contribution in [2.24, 2.45) is 0 Å². The van der Waals surface area contributed by atoms with Crippen molar-refractivity contribution in [2.45, 2.75) is 12.3 Å². The number of cyclic esters (lactones) is 1. The average Bonchev–Trinajstić information content (AvgIpc) is 2.63. The Balaban J connectivity index is 2.48. The third kappa shape index (κ3) is 1.86. The van der Waals surface area contributed by atoms with Gasteiger partial charge in [0.1, 0.15) is 0 Å². The number of carbonyl (C=O) groups excluding carboxylic acids is 1. The average molecular weight is 242 g/mol. The maximum atomic E-state index is 11.4. The Bertz CT molecular complexity index is 460. The first-order chi connectivity index (χ1) is 7.59. The molecule has 5 nitrogen and oxygen atoms in total. The number of hydrogen-bond acceptors (Lipinski definition) is 4. The molecule has 0 saturated carbocycles. The SMILES string of the molecule is O=C1OCCC1c1cc(Cl)ccc1[N+](=O)[O-]. The van der Waals surface area contributed by atoms with Crippen LogP contribution in [0.3, 0.4) is 0 Å². The zero-order valence-corrected chi connectivity index (χ0v) is 8.94. The van der Waals surface area contributed by atoms with E-state index in [2.05, 4.69) is 0 Å². The molecule has 0 radical (unpaired) electrons. The summed E-state index contributed by atoms with van der Waals surface area (Å²) in [6.07, 6.45) is 0.458. The summed E-state index contributed by atoms with van der Waals surface area (Å²) in [5.74, 6) is -0.996. The molecule has 0 N–H and O–H groups in total. The van der Waals surface area contributed by atoms with Crippen LogP contribution in [0.2, 0.25) is 5.02 Å². The summed E-state index contributed by atoms with van der Waals surface area (Å²) in [4.78, 5) is 21.7. The van der Waals surface area contributed by atoms with E-state index in [1.807, 2.05) is 0 Å². The van der Waals surface area contributed by atoms with Gasteiger partial charge in [-0.25, -0.2) is 0 Å². The second kappa shape index (κ2) is 4.09. The number of halogens is 1. The van der Waals surface area contributed by atoms with Crippen molar-refractivity contribution in [3.63, 3.8) is 0 Å². The summed E-state index contributed by atoms with van der Waals surface area (Å²) < 4.78 is 4.79. The second-order valence-corrected chi connectivity index (χ2v) is 3.91. The summed E-state index contributed by atoms with van der Waals surface area (Å²) in [7, 11) is 0. The molecule has 0 bridgehead atoms. The van der Waals surface area contributed by atoms with Gasteiger partial charge < -0.3 is 4.74 Å². The molecule has 1 atom stereocenters. The highest BCUT2D eigenvalue weighted by molar-refractivity contribution is 6.30. The van der Waals surface area contributed by atoms with Crippen molar-refractivity contribution in [1.29, 1.82) is 0 Å². The minimum atomic E-state index is -0.570. The van der Waals surface area contributed by atoms with Gasteiger partial charge in [0.05, 0.1) is 17.4 Å². The zero-order chi connectivity index (χ0) is 11.7. The Morgan fingerprint density at radius 3 is 2.81 bits per heavy atom. The maximum Gasteiger partial charge on any atom is 0.313 e. The van der Waals surface area contributed by atoms with Crippen LogP contribution in [0.4, 0.5) is 5.69 Å². The van der Waals surface area contributed by atoms with E-state index in [1.54, 1.807) is 0 Å². The Morgan fingerprint density at radius 1 is 1.50 bits per heavy atom. The normalized spacial score (nSPS) is 19.6. The Morgan fingerprint density at radius 2 is 2.25 bits per heavy atom. The molecule has 1 aromatic carbocycles. The summed E-state index contributed by atoms with van der Waals surface area (Å²) >= 11 is 5.77. The van der Waals surface area contributed by atoms with Crippen LogP contribution >= 0.6 is 11.6 Å². The lowest BCUT2D eigenvalue weighted by molar-refractivity contribution is -0.385. The molecule has 1 heterocycles. The molecule has 1 saturated heterocycles. The van der Waals surface area contributed by atoms with E-state index in [-0.39, 0.29) is 5.69 Å². The van der Waals surface area contributed by atoms with E-state index < -0.39 is 16.8 Å². The highest BCUT2D eigenvalue weighted by Gasteiger charge is 2.33. The number of nitro benzene ring substituents is 1. The maximum absolute atomic E-state index is 11.4. The molecule has 1 unspecified atom stereocenters. The minimum Gasteiger partial charge on any atom is -0.465 e. The van der Waals surface area contributed by atoms with Gasteiger partial charge in [0, 0.05) is 16.7 Å². The topological polar surface area (TPSA) is 69.4 Å². The van der Waals surface area contributed by atoms with Crippen molar-refractivity contribution >= 4 is 23.3 Å². The lowest BCUT2D eigenvalue weighted by Crippen LogP contribution is -2.08. The summed E-state index contributed by atoms with van der Waals surface area (Å²) in [5.41, 5.74) is 0.244. The van der Waals surface area contributed by atoms with E-state index >= 15 is 0 Å². The van der Waals surface area contributed by atoms with Crippen molar-refractivity contribution < 1.29 is 14.5 Å². The predicted octanol–water partition coefficient (Wildman–Crippen LogP) is 2.28. The van der Waals surface area contributed by atoms with Gasteiger partial charge in [0.2, 0.25) is 0 Å². The van der Waals surface area contributed by atoms with E-state index in [4.69, 9.17) is 16.3 Å². The first-order valence-corrected chi connectivity index (χ1v) is 5.08. The van der Waals surface area contributed by atoms with Gasteiger partial charge in [-0.2, -0.15) is 0 Å². The third-order valence-electron chi connectivity index (χ3n) is 2.50. The van der Waals surface area contributed by atoms with Crippen LogP contribution in [-0.2, 0) is 9.53 Å². The van der Waals surface area contributed by atoms with E-state index in [1.165, 1.54) is 18.2 Å². The van der Waals surface area contributed by atoms with Crippen LogP contribution in [0.5, 0.6) is 0 Å². The number of esters is 1. The van der Waals surface area contributed by atoms with Crippen LogP contribution in [0.15, 0.2) is 18.2 Å². The first kappa shape index (κ1) is 10.9. The molecular formula is C10H8ClNO4. The van der Waals surface area contributed by atoms with Crippen molar-refractivity contribution in [1.82, 2.24) is 0 Å². The molecule has 6 heteroatoms. The fourth-order valence-electron chi connectivity index (χ4n) is 1.75. The van der Waals surface area contributed by atoms with Gasteiger partial charge in [-0.15, -0.1) is 0 Å². The van der Waals surface area contributed by atoms with E-state index in [0.29, 0.717) is 23.6 Å². The third-order valence-corrected chi connectivity index (χ3v) is 2.73. The van der Waals surface area contributed by atoms with Gasteiger partial charge in [0.25, 0.3) is 5.69 Å². The Labute approximate surface area is 96.1 Å². The van der Waals surface area contributed by atoms with Gasteiger partial charge in [-0.3, -0.25) is 14.9 Å². The molecule has 1 aliphatic heterocycles. The van der Waals surface area contributed by atoms with Crippen LogP contribution in [-0.4, -0.2) is 17.5 Å². The monoisotopic (exact) mass is 241 g/mol. The smallest absolute Gasteiger partial charge is 0.313 e. The molecule has 2 rings (SSSR count). The summed E-state index contributed by atoms with van der Waals surface area (Å²) in [5, 5.41) is 11.2. The molecule has 1 fully saturated rings. The molecule has 1 aromatic rings. The fourth-order valence-corrected chi connectivity index (χ4v) is 1.93. The van der Waals surface area contributed by atoms with Crippen molar-refractivity contribution in [3.8, 4) is 0 Å². The van der Waals surface area contributed by atoms with Crippen LogP contribution in [0, 0.1) is 10.1 Å². The van der Waals surface area contributed by atoms with E-state index in [9.17, 15) is 14.9 Å². The minimum absolute atomic E-state index is 0.0896.